The Labute approximate surface area is 280 Å². The zero-order chi connectivity index (χ0) is 33.1. The summed E-state index contributed by atoms with van der Waals surface area (Å²) in [5.74, 6) is -0.193. The van der Waals surface area contributed by atoms with Crippen molar-refractivity contribution >= 4 is 35.6 Å². The molecule has 3 amide bonds. The summed E-state index contributed by atoms with van der Waals surface area (Å²) in [6.07, 6.45) is 6.97. The molecule has 3 heterocycles. The van der Waals surface area contributed by atoms with E-state index in [9.17, 15) is 19.2 Å². The first-order chi connectivity index (χ1) is 22.6. The highest BCUT2D eigenvalue weighted by Crippen LogP contribution is 2.43. The summed E-state index contributed by atoms with van der Waals surface area (Å²) >= 11 is 1.44. The van der Waals surface area contributed by atoms with E-state index in [4.69, 9.17) is 9.47 Å². The predicted molar refractivity (Wildman–Crippen MR) is 180 cm³/mol. The first-order valence-corrected chi connectivity index (χ1v) is 17.6. The number of ether oxygens (including phenoxy) is 2. The zero-order valence-electron chi connectivity index (χ0n) is 27.3. The van der Waals surface area contributed by atoms with Crippen LogP contribution in [-0.4, -0.2) is 69.5 Å². The summed E-state index contributed by atoms with van der Waals surface area (Å²) in [5.41, 5.74) is 2.18. The van der Waals surface area contributed by atoms with Crippen LogP contribution in [0.15, 0.2) is 83.6 Å². The molecular weight excluding hydrogens is 614 g/mol. The number of carbonyl (C=O) groups excluding carboxylic acids is 4. The van der Waals surface area contributed by atoms with Crippen LogP contribution in [0, 0.1) is 5.92 Å². The van der Waals surface area contributed by atoms with Crippen LogP contribution in [0.4, 0.5) is 4.79 Å². The zero-order valence-corrected chi connectivity index (χ0v) is 28.1. The van der Waals surface area contributed by atoms with E-state index >= 15 is 0 Å². The number of fused-ring (bicyclic) bond motifs is 1. The van der Waals surface area contributed by atoms with Gasteiger partial charge in [-0.3, -0.25) is 14.5 Å². The summed E-state index contributed by atoms with van der Waals surface area (Å²) in [6.45, 7) is 6.68. The van der Waals surface area contributed by atoms with Crippen molar-refractivity contribution in [2.24, 2.45) is 5.92 Å². The van der Waals surface area contributed by atoms with Gasteiger partial charge >= 0.3 is 12.1 Å². The van der Waals surface area contributed by atoms with Crippen molar-refractivity contribution in [3.8, 4) is 0 Å². The molecule has 0 spiro atoms. The molecule has 1 aliphatic carbocycles. The minimum atomic E-state index is -0.856. The number of esters is 1. The van der Waals surface area contributed by atoms with Gasteiger partial charge in [-0.25, -0.2) is 9.59 Å². The summed E-state index contributed by atoms with van der Waals surface area (Å²) < 4.78 is 11.6. The Kier molecular flexibility index (Phi) is 9.77. The van der Waals surface area contributed by atoms with Gasteiger partial charge in [0.05, 0.1) is 0 Å². The molecule has 0 radical (unpaired) electrons. The number of amides is 3. The van der Waals surface area contributed by atoms with Gasteiger partial charge in [0.15, 0.2) is 6.10 Å². The van der Waals surface area contributed by atoms with Crippen LogP contribution in [-0.2, 0) is 23.9 Å². The number of nitrogens with one attached hydrogen (secondary N) is 1. The number of benzene rings is 2. The van der Waals surface area contributed by atoms with Crippen molar-refractivity contribution in [2.75, 3.05) is 18.8 Å². The number of alkyl carbamates (subject to hydrolysis) is 1. The predicted octanol–water partition coefficient (Wildman–Crippen LogP) is 6.12. The number of rotatable bonds is 8. The number of carbonyl (C=O) groups is 4. The summed E-state index contributed by atoms with van der Waals surface area (Å²) in [4.78, 5) is 57.4. The topological polar surface area (TPSA) is 105 Å². The Bertz CT molecular complexity index is 1520. The van der Waals surface area contributed by atoms with Gasteiger partial charge < -0.3 is 19.7 Å². The van der Waals surface area contributed by atoms with Crippen molar-refractivity contribution in [3.05, 3.63) is 94.7 Å². The maximum atomic E-state index is 14.3. The van der Waals surface area contributed by atoms with Crippen molar-refractivity contribution < 1.29 is 28.7 Å². The molecule has 2 saturated heterocycles. The third kappa shape index (κ3) is 7.43. The van der Waals surface area contributed by atoms with Gasteiger partial charge in [0, 0.05) is 24.4 Å². The van der Waals surface area contributed by atoms with Crippen LogP contribution >= 0.6 is 11.8 Å². The Morgan fingerprint density at radius 2 is 1.62 bits per heavy atom. The molecule has 3 fully saturated rings. The Hall–Kier alpha value is -4.05. The van der Waals surface area contributed by atoms with Gasteiger partial charge in [0.1, 0.15) is 22.7 Å². The van der Waals surface area contributed by atoms with Crippen molar-refractivity contribution in [2.45, 2.75) is 82.4 Å². The lowest BCUT2D eigenvalue weighted by Gasteiger charge is -2.49. The van der Waals surface area contributed by atoms with E-state index in [2.05, 4.69) is 5.32 Å². The molecule has 3 aliphatic heterocycles. The Balaban J connectivity index is 1.30. The minimum absolute atomic E-state index is 0.00577. The number of hydrogen-bond donors (Lipinski definition) is 1. The fourth-order valence-corrected chi connectivity index (χ4v) is 8.10. The molecule has 9 nitrogen and oxygen atoms in total. The quantitative estimate of drug-likeness (QED) is 0.207. The molecule has 10 heteroatoms. The molecule has 2 atom stereocenters. The van der Waals surface area contributed by atoms with Crippen LogP contribution < -0.4 is 5.32 Å². The Morgan fingerprint density at radius 3 is 2.23 bits per heavy atom. The number of nitrogens with zero attached hydrogens (tertiary/aromatic N) is 2. The van der Waals surface area contributed by atoms with Gasteiger partial charge in [-0.05, 0) is 68.7 Å². The number of likely N-dealkylation sites (tertiary alicyclic amines) is 1. The summed E-state index contributed by atoms with van der Waals surface area (Å²) in [5, 5.41) is 2.17. The average Bonchev–Trinajstić information content (AvgIpc) is 3.40. The Morgan fingerprint density at radius 1 is 0.979 bits per heavy atom. The van der Waals surface area contributed by atoms with Gasteiger partial charge in [0.2, 0.25) is 5.91 Å². The van der Waals surface area contributed by atoms with Gasteiger partial charge in [-0.2, -0.15) is 0 Å². The van der Waals surface area contributed by atoms with E-state index < -0.39 is 41.1 Å². The van der Waals surface area contributed by atoms with Gasteiger partial charge in [0.25, 0.3) is 5.91 Å². The maximum absolute atomic E-state index is 14.3. The fraction of sp³-hybridized carbons (Fsp3) is 0.459. The van der Waals surface area contributed by atoms with Crippen LogP contribution in [0.25, 0.3) is 0 Å². The molecule has 0 aromatic heterocycles. The summed E-state index contributed by atoms with van der Waals surface area (Å²) in [7, 11) is 0. The highest BCUT2D eigenvalue weighted by atomic mass is 32.2. The maximum Gasteiger partial charge on any atom is 0.408 e. The van der Waals surface area contributed by atoms with Crippen LogP contribution in [0.2, 0.25) is 0 Å². The van der Waals surface area contributed by atoms with E-state index in [-0.39, 0.29) is 11.6 Å². The van der Waals surface area contributed by atoms with Gasteiger partial charge in [-0.15, -0.1) is 11.8 Å². The molecule has 248 valence electrons. The lowest BCUT2D eigenvalue weighted by Crippen LogP contribution is -2.70. The molecule has 0 bridgehead atoms. The molecule has 1 saturated carbocycles. The second-order valence-corrected chi connectivity index (χ2v) is 14.8. The van der Waals surface area contributed by atoms with E-state index in [0.29, 0.717) is 35.8 Å². The minimum Gasteiger partial charge on any atom is -0.448 e. The molecule has 1 N–H and O–H groups in total. The van der Waals surface area contributed by atoms with Crippen molar-refractivity contribution in [1.29, 1.82) is 0 Å². The van der Waals surface area contributed by atoms with E-state index in [1.807, 2.05) is 65.6 Å². The third-order valence-corrected chi connectivity index (χ3v) is 10.4. The lowest BCUT2D eigenvalue weighted by molar-refractivity contribution is -0.153. The van der Waals surface area contributed by atoms with E-state index in [1.165, 1.54) is 35.9 Å². The monoisotopic (exact) mass is 657 g/mol. The standard InChI is InChI=1S/C37H43N3O6S/c1-37(2,3)46-36(44)38-29-33(42)40-30(35(43)45-31(25-15-9-5-10-16-25)26-17-11-6-12-18-26)28(23-47-34(29)40)21-27-19-20-39(32(27)41)22-24-13-7-4-8-14-24/h5-6,9-12,15-18,21,24,29,31,34H,4,7-8,13-14,19-20,22-23H2,1-3H3,(H,38,44)/t29-,34-/m1/s1. The van der Waals surface area contributed by atoms with E-state index in [1.54, 1.807) is 26.8 Å². The van der Waals surface area contributed by atoms with Crippen molar-refractivity contribution in [3.63, 3.8) is 0 Å². The van der Waals surface area contributed by atoms with Gasteiger partial charge in [-0.1, -0.05) is 79.9 Å². The molecule has 6 rings (SSSR count). The molecule has 47 heavy (non-hydrogen) atoms. The normalized spacial score (nSPS) is 22.8. The molecule has 2 aromatic carbocycles. The highest BCUT2D eigenvalue weighted by Gasteiger charge is 2.55. The number of β-lactam (4-membered cyclic amide) rings is 1. The molecule has 0 unspecified atom stereocenters. The lowest BCUT2D eigenvalue weighted by atomic mass is 9.89. The second kappa shape index (κ2) is 14.0. The van der Waals surface area contributed by atoms with Crippen molar-refractivity contribution in [1.82, 2.24) is 15.1 Å². The smallest absolute Gasteiger partial charge is 0.408 e. The molecule has 2 aromatic rings. The van der Waals surface area contributed by atoms with Crippen LogP contribution in [0.5, 0.6) is 0 Å². The SMILES string of the molecule is CC(C)(C)OC(=O)N[C@@H]1C(=O)N2C(C(=O)OC(c3ccccc3)c3ccccc3)=C(C=C3CCN(CC4CCCCC4)C3=O)CS[C@H]12. The van der Waals surface area contributed by atoms with Crippen LogP contribution in [0.1, 0.15) is 76.5 Å². The highest BCUT2D eigenvalue weighted by molar-refractivity contribution is 8.00. The number of allylic oxidation sites excluding steroid dienone is 1. The second-order valence-electron chi connectivity index (χ2n) is 13.7. The molecular formula is C37H43N3O6S. The van der Waals surface area contributed by atoms with Crippen LogP contribution in [0.3, 0.4) is 0 Å². The number of hydrogen-bond acceptors (Lipinski definition) is 7. The fourth-order valence-electron chi connectivity index (χ4n) is 6.79. The van der Waals surface area contributed by atoms with E-state index in [0.717, 1.165) is 30.5 Å². The number of thioether (sulfide) groups is 1. The third-order valence-electron chi connectivity index (χ3n) is 9.06. The largest absolute Gasteiger partial charge is 0.448 e. The summed E-state index contributed by atoms with van der Waals surface area (Å²) in [6, 6.07) is 18.1. The molecule has 4 aliphatic rings. The first kappa shape index (κ1) is 32.9. The first-order valence-electron chi connectivity index (χ1n) is 16.6. The average molecular weight is 658 g/mol.